The van der Waals surface area contributed by atoms with Gasteiger partial charge in [0.1, 0.15) is 5.75 Å². The van der Waals surface area contributed by atoms with Crippen LogP contribution in [0.15, 0.2) is 48.5 Å². The smallest absolute Gasteiger partial charge is 0.257 e. The first-order valence-corrected chi connectivity index (χ1v) is 8.17. The summed E-state index contributed by atoms with van der Waals surface area (Å²) in [6.45, 7) is 4.91. The third kappa shape index (κ3) is 5.61. The molecule has 0 saturated carbocycles. The lowest BCUT2D eigenvalue weighted by atomic mass is 10.0. The number of hydrogen-bond acceptors (Lipinski definition) is 2. The number of carbonyl (C=O) groups is 1. The van der Waals surface area contributed by atoms with Gasteiger partial charge in [-0.3, -0.25) is 4.79 Å². The van der Waals surface area contributed by atoms with Gasteiger partial charge in [0, 0.05) is 6.54 Å². The average molecular weight is 332 g/mol. The molecule has 1 N–H and O–H groups in total. The molecule has 0 aromatic heterocycles. The highest BCUT2D eigenvalue weighted by molar-refractivity contribution is 6.32. The molecule has 0 unspecified atom stereocenters. The Kier molecular flexibility index (Phi) is 6.48. The van der Waals surface area contributed by atoms with Crippen LogP contribution in [0.25, 0.3) is 0 Å². The van der Waals surface area contributed by atoms with Crippen LogP contribution in [0.1, 0.15) is 30.9 Å². The fraction of sp³-hybridized carbons (Fsp3) is 0.316. The van der Waals surface area contributed by atoms with Crippen LogP contribution >= 0.6 is 11.6 Å². The van der Waals surface area contributed by atoms with Gasteiger partial charge in [0.2, 0.25) is 0 Å². The zero-order valence-electron chi connectivity index (χ0n) is 13.5. The molecule has 3 nitrogen and oxygen atoms in total. The molecule has 0 aliphatic rings. The maximum absolute atomic E-state index is 11.8. The van der Waals surface area contributed by atoms with Crippen molar-refractivity contribution in [2.24, 2.45) is 0 Å². The second-order valence-electron chi connectivity index (χ2n) is 5.72. The van der Waals surface area contributed by atoms with E-state index in [9.17, 15) is 4.79 Å². The number of para-hydroxylation sites is 1. The molecule has 0 aliphatic carbocycles. The van der Waals surface area contributed by atoms with Gasteiger partial charge >= 0.3 is 0 Å². The molecule has 0 radical (unpaired) electrons. The lowest BCUT2D eigenvalue weighted by Gasteiger charge is -2.09. The number of amides is 1. The van der Waals surface area contributed by atoms with Crippen molar-refractivity contribution in [3.05, 3.63) is 64.7 Å². The van der Waals surface area contributed by atoms with Gasteiger partial charge in [0.25, 0.3) is 5.91 Å². The van der Waals surface area contributed by atoms with Crippen molar-refractivity contribution in [1.82, 2.24) is 5.32 Å². The molecule has 0 saturated heterocycles. The molecule has 2 rings (SSSR count). The van der Waals surface area contributed by atoms with Crippen molar-refractivity contribution in [2.45, 2.75) is 26.2 Å². The van der Waals surface area contributed by atoms with Crippen LogP contribution < -0.4 is 10.1 Å². The van der Waals surface area contributed by atoms with Gasteiger partial charge in [-0.15, -0.1) is 0 Å². The van der Waals surface area contributed by atoms with Gasteiger partial charge < -0.3 is 10.1 Å². The predicted molar refractivity (Wildman–Crippen MR) is 94.2 cm³/mol. The van der Waals surface area contributed by atoms with Crippen LogP contribution in [-0.2, 0) is 11.2 Å². The largest absolute Gasteiger partial charge is 0.482 e. The SMILES string of the molecule is CC(C)c1ccc(CCNC(=O)COc2ccccc2Cl)cc1. The Labute approximate surface area is 142 Å². The number of carbonyl (C=O) groups excluding carboxylic acids is 1. The number of hydrogen-bond donors (Lipinski definition) is 1. The standard InChI is InChI=1S/C19H22ClNO2/c1-14(2)16-9-7-15(8-10-16)11-12-21-19(22)13-23-18-6-4-3-5-17(18)20/h3-10,14H,11-13H2,1-2H3,(H,21,22). The van der Waals surface area contributed by atoms with Crippen molar-refractivity contribution in [3.63, 3.8) is 0 Å². The Morgan fingerprint density at radius 2 is 1.83 bits per heavy atom. The summed E-state index contributed by atoms with van der Waals surface area (Å²) in [6.07, 6.45) is 0.802. The molecule has 0 spiro atoms. The zero-order valence-corrected chi connectivity index (χ0v) is 14.3. The highest BCUT2D eigenvalue weighted by Crippen LogP contribution is 2.22. The summed E-state index contributed by atoms with van der Waals surface area (Å²) in [7, 11) is 0. The molecular formula is C19H22ClNO2. The fourth-order valence-corrected chi connectivity index (χ4v) is 2.36. The first-order valence-electron chi connectivity index (χ1n) is 7.79. The third-order valence-electron chi connectivity index (χ3n) is 3.58. The number of halogens is 1. The van der Waals surface area contributed by atoms with E-state index in [0.717, 1.165) is 6.42 Å². The number of ether oxygens (including phenoxy) is 1. The Balaban J connectivity index is 1.71. The molecule has 4 heteroatoms. The minimum atomic E-state index is -0.149. The second-order valence-corrected chi connectivity index (χ2v) is 6.12. The van der Waals surface area contributed by atoms with Crippen molar-refractivity contribution < 1.29 is 9.53 Å². The Morgan fingerprint density at radius 3 is 2.48 bits per heavy atom. The molecule has 1 amide bonds. The van der Waals surface area contributed by atoms with E-state index in [4.69, 9.17) is 16.3 Å². The molecule has 122 valence electrons. The van der Waals surface area contributed by atoms with Crippen molar-refractivity contribution in [3.8, 4) is 5.75 Å². The molecular weight excluding hydrogens is 310 g/mol. The van der Waals surface area contributed by atoms with E-state index in [-0.39, 0.29) is 12.5 Å². The molecule has 0 bridgehead atoms. The van der Waals surface area contributed by atoms with E-state index >= 15 is 0 Å². The van der Waals surface area contributed by atoms with Crippen LogP contribution in [0.3, 0.4) is 0 Å². The molecule has 0 heterocycles. The summed E-state index contributed by atoms with van der Waals surface area (Å²) in [6, 6.07) is 15.6. The summed E-state index contributed by atoms with van der Waals surface area (Å²) < 4.78 is 5.40. The minimum absolute atomic E-state index is 0.0317. The lowest BCUT2D eigenvalue weighted by molar-refractivity contribution is -0.123. The van der Waals surface area contributed by atoms with Crippen LogP contribution in [-0.4, -0.2) is 19.1 Å². The summed E-state index contributed by atoms with van der Waals surface area (Å²) in [5, 5.41) is 3.36. The van der Waals surface area contributed by atoms with E-state index in [1.165, 1.54) is 11.1 Å². The highest BCUT2D eigenvalue weighted by atomic mass is 35.5. The molecule has 0 fully saturated rings. The highest BCUT2D eigenvalue weighted by Gasteiger charge is 2.05. The topological polar surface area (TPSA) is 38.3 Å². The van der Waals surface area contributed by atoms with E-state index in [0.29, 0.717) is 23.2 Å². The van der Waals surface area contributed by atoms with Crippen LogP contribution in [0.5, 0.6) is 5.75 Å². The number of nitrogens with one attached hydrogen (secondary N) is 1. The third-order valence-corrected chi connectivity index (χ3v) is 3.89. The van der Waals surface area contributed by atoms with Crippen LogP contribution in [0, 0.1) is 0 Å². The summed E-state index contributed by atoms with van der Waals surface area (Å²) >= 11 is 5.97. The zero-order chi connectivity index (χ0) is 16.7. The second kappa shape index (κ2) is 8.59. The summed E-state index contributed by atoms with van der Waals surface area (Å²) in [4.78, 5) is 11.8. The van der Waals surface area contributed by atoms with Gasteiger partial charge in [-0.1, -0.05) is 61.8 Å². The number of rotatable bonds is 7. The van der Waals surface area contributed by atoms with Gasteiger partial charge in [0.05, 0.1) is 5.02 Å². The molecule has 0 atom stereocenters. The van der Waals surface area contributed by atoms with Gasteiger partial charge in [-0.05, 0) is 35.6 Å². The van der Waals surface area contributed by atoms with Gasteiger partial charge in [0.15, 0.2) is 6.61 Å². The van der Waals surface area contributed by atoms with E-state index in [2.05, 4.69) is 43.4 Å². The van der Waals surface area contributed by atoms with Crippen LogP contribution in [0.2, 0.25) is 5.02 Å². The fourth-order valence-electron chi connectivity index (χ4n) is 2.17. The maximum atomic E-state index is 11.8. The minimum Gasteiger partial charge on any atom is -0.482 e. The Bertz CT molecular complexity index is 638. The number of benzene rings is 2. The summed E-state index contributed by atoms with van der Waals surface area (Å²) in [5.41, 5.74) is 2.53. The van der Waals surface area contributed by atoms with Gasteiger partial charge in [-0.2, -0.15) is 0 Å². The average Bonchev–Trinajstić information content (AvgIpc) is 2.54. The van der Waals surface area contributed by atoms with Crippen molar-refractivity contribution in [1.29, 1.82) is 0 Å². The van der Waals surface area contributed by atoms with E-state index in [1.807, 2.05) is 12.1 Å². The van der Waals surface area contributed by atoms with E-state index in [1.54, 1.807) is 12.1 Å². The molecule has 2 aromatic carbocycles. The Morgan fingerprint density at radius 1 is 1.13 bits per heavy atom. The molecule has 0 aliphatic heterocycles. The lowest BCUT2D eigenvalue weighted by Crippen LogP contribution is -2.30. The first kappa shape index (κ1) is 17.4. The Hall–Kier alpha value is -2.00. The van der Waals surface area contributed by atoms with Gasteiger partial charge in [-0.25, -0.2) is 0 Å². The normalized spacial score (nSPS) is 10.6. The monoisotopic (exact) mass is 331 g/mol. The van der Waals surface area contributed by atoms with Crippen LogP contribution in [0.4, 0.5) is 0 Å². The molecule has 23 heavy (non-hydrogen) atoms. The quantitative estimate of drug-likeness (QED) is 0.825. The summed E-state index contributed by atoms with van der Waals surface area (Å²) in [5.74, 6) is 0.906. The molecule has 2 aromatic rings. The van der Waals surface area contributed by atoms with E-state index < -0.39 is 0 Å². The van der Waals surface area contributed by atoms with Crippen molar-refractivity contribution in [2.75, 3.05) is 13.2 Å². The first-order chi connectivity index (χ1) is 11.1. The van der Waals surface area contributed by atoms with Crippen molar-refractivity contribution >= 4 is 17.5 Å². The maximum Gasteiger partial charge on any atom is 0.257 e. The predicted octanol–water partition coefficient (Wildman–Crippen LogP) is 4.20.